The van der Waals surface area contributed by atoms with E-state index in [2.05, 4.69) is 5.32 Å². The van der Waals surface area contributed by atoms with Crippen molar-refractivity contribution in [1.29, 1.82) is 0 Å². The number of amides is 1. The maximum atomic E-state index is 12.2. The van der Waals surface area contributed by atoms with Crippen molar-refractivity contribution in [3.63, 3.8) is 0 Å². The third kappa shape index (κ3) is 3.45. The fourth-order valence-corrected chi connectivity index (χ4v) is 2.34. The number of carbonyl (C=O) groups is 1. The fraction of sp³-hybridized carbons (Fsp3) is 0.500. The van der Waals surface area contributed by atoms with Crippen LogP contribution in [-0.2, 0) is 16.1 Å². The lowest BCUT2D eigenvalue weighted by atomic mass is 10.1. The van der Waals surface area contributed by atoms with E-state index in [-0.39, 0.29) is 23.8 Å². The molecule has 1 amide bonds. The first kappa shape index (κ1) is 13.8. The molecule has 0 bridgehead atoms. The molecule has 1 heterocycles. The van der Waals surface area contributed by atoms with E-state index in [1.807, 2.05) is 6.07 Å². The molecule has 1 aromatic rings. The minimum atomic E-state index is -0.174. The molecule has 2 unspecified atom stereocenters. The molecule has 104 valence electrons. The summed E-state index contributed by atoms with van der Waals surface area (Å²) in [7, 11) is 3.43. The summed E-state index contributed by atoms with van der Waals surface area (Å²) in [6, 6.07) is 6.78. The maximum absolute atomic E-state index is 12.2. The molecule has 0 saturated carbocycles. The fourth-order valence-electron chi connectivity index (χ4n) is 2.34. The number of nitrogens with one attached hydrogen (secondary N) is 1. The van der Waals surface area contributed by atoms with E-state index in [9.17, 15) is 9.90 Å². The van der Waals surface area contributed by atoms with Crippen LogP contribution in [0.2, 0.25) is 0 Å². The summed E-state index contributed by atoms with van der Waals surface area (Å²) < 4.78 is 5.24. The molecule has 0 aliphatic carbocycles. The number of carbonyl (C=O) groups excluding carboxylic acids is 1. The Morgan fingerprint density at radius 3 is 3.00 bits per heavy atom. The first-order valence-corrected chi connectivity index (χ1v) is 6.39. The van der Waals surface area contributed by atoms with Gasteiger partial charge in [0.1, 0.15) is 5.75 Å². The first-order valence-electron chi connectivity index (χ1n) is 6.39. The quantitative estimate of drug-likeness (QED) is 0.841. The lowest BCUT2D eigenvalue weighted by Gasteiger charge is -2.21. The summed E-state index contributed by atoms with van der Waals surface area (Å²) in [5.74, 6) is 0.277. The maximum Gasteiger partial charge on any atom is 0.239 e. The second kappa shape index (κ2) is 6.04. The largest absolute Gasteiger partial charge is 0.508 e. The van der Waals surface area contributed by atoms with Crippen LogP contribution in [0.4, 0.5) is 0 Å². The van der Waals surface area contributed by atoms with Crippen LogP contribution in [0.1, 0.15) is 12.0 Å². The predicted octanol–water partition coefficient (Wildman–Crippen LogP) is 0.728. The molecule has 1 aliphatic rings. The summed E-state index contributed by atoms with van der Waals surface area (Å²) in [4.78, 5) is 13.9. The zero-order chi connectivity index (χ0) is 13.8. The van der Waals surface area contributed by atoms with Gasteiger partial charge < -0.3 is 20.1 Å². The van der Waals surface area contributed by atoms with Crippen LogP contribution >= 0.6 is 0 Å². The van der Waals surface area contributed by atoms with Crippen molar-refractivity contribution in [3.05, 3.63) is 29.8 Å². The Kier molecular flexibility index (Phi) is 4.39. The van der Waals surface area contributed by atoms with Gasteiger partial charge in [0.2, 0.25) is 5.91 Å². The van der Waals surface area contributed by atoms with Gasteiger partial charge in [-0.1, -0.05) is 12.1 Å². The van der Waals surface area contributed by atoms with Gasteiger partial charge in [0, 0.05) is 27.2 Å². The lowest BCUT2D eigenvalue weighted by molar-refractivity contribution is -0.132. The molecule has 0 spiro atoms. The van der Waals surface area contributed by atoms with Gasteiger partial charge in [-0.15, -0.1) is 0 Å². The van der Waals surface area contributed by atoms with Gasteiger partial charge in [0.25, 0.3) is 0 Å². The molecular weight excluding hydrogens is 244 g/mol. The van der Waals surface area contributed by atoms with E-state index in [1.165, 1.54) is 0 Å². The number of aromatic hydroxyl groups is 1. The number of nitrogens with zero attached hydrogens (tertiary/aromatic N) is 1. The molecule has 1 aliphatic heterocycles. The highest BCUT2D eigenvalue weighted by Gasteiger charge is 2.31. The van der Waals surface area contributed by atoms with Gasteiger partial charge in [0.05, 0.1) is 12.1 Å². The van der Waals surface area contributed by atoms with Gasteiger partial charge in [-0.05, 0) is 24.1 Å². The van der Waals surface area contributed by atoms with Crippen molar-refractivity contribution in [3.8, 4) is 5.75 Å². The minimum absolute atomic E-state index is 0.0582. The van der Waals surface area contributed by atoms with Gasteiger partial charge in [0.15, 0.2) is 0 Å². The lowest BCUT2D eigenvalue weighted by Crippen LogP contribution is -2.41. The third-order valence-corrected chi connectivity index (χ3v) is 3.43. The zero-order valence-corrected chi connectivity index (χ0v) is 11.3. The average Bonchev–Trinajstić information content (AvgIpc) is 2.86. The molecule has 2 rings (SSSR count). The van der Waals surface area contributed by atoms with E-state index in [0.717, 1.165) is 5.56 Å². The van der Waals surface area contributed by atoms with Gasteiger partial charge in [-0.25, -0.2) is 0 Å². The average molecular weight is 264 g/mol. The van der Waals surface area contributed by atoms with Crippen LogP contribution in [0.3, 0.4) is 0 Å². The molecule has 1 fully saturated rings. The molecule has 0 radical (unpaired) electrons. The standard InChI is InChI=1S/C14H20N2O3/c1-16(9-10-4-3-5-11(17)6-10)14(18)13-7-12(19-2)8-15-13/h3-6,12-13,15,17H,7-9H2,1-2H3. The van der Waals surface area contributed by atoms with Gasteiger partial charge in [-0.2, -0.15) is 0 Å². The van der Waals surface area contributed by atoms with Crippen molar-refractivity contribution in [1.82, 2.24) is 10.2 Å². The second-order valence-electron chi connectivity index (χ2n) is 4.92. The number of benzene rings is 1. The molecule has 5 nitrogen and oxygen atoms in total. The Bertz CT molecular complexity index is 450. The molecule has 19 heavy (non-hydrogen) atoms. The Morgan fingerprint density at radius 2 is 2.37 bits per heavy atom. The van der Waals surface area contributed by atoms with Crippen LogP contribution in [-0.4, -0.2) is 48.8 Å². The number of hydrogen-bond donors (Lipinski definition) is 2. The van der Waals surface area contributed by atoms with Crippen LogP contribution in [0, 0.1) is 0 Å². The Morgan fingerprint density at radius 1 is 1.58 bits per heavy atom. The normalized spacial score (nSPS) is 22.4. The van der Waals surface area contributed by atoms with Gasteiger partial charge >= 0.3 is 0 Å². The van der Waals surface area contributed by atoms with Crippen molar-refractivity contribution < 1.29 is 14.6 Å². The molecule has 0 aromatic heterocycles. The topological polar surface area (TPSA) is 61.8 Å². The van der Waals surface area contributed by atoms with E-state index in [0.29, 0.717) is 19.5 Å². The van der Waals surface area contributed by atoms with E-state index in [4.69, 9.17) is 4.74 Å². The summed E-state index contributed by atoms with van der Waals surface area (Å²) in [5.41, 5.74) is 0.914. The zero-order valence-electron chi connectivity index (χ0n) is 11.3. The van der Waals surface area contributed by atoms with E-state index in [1.54, 1.807) is 37.3 Å². The van der Waals surface area contributed by atoms with Crippen molar-refractivity contribution >= 4 is 5.91 Å². The predicted molar refractivity (Wildman–Crippen MR) is 71.8 cm³/mol. The Labute approximate surface area is 113 Å². The van der Waals surface area contributed by atoms with Crippen LogP contribution in [0.15, 0.2) is 24.3 Å². The highest BCUT2D eigenvalue weighted by molar-refractivity contribution is 5.82. The number of methoxy groups -OCH3 is 1. The summed E-state index contributed by atoms with van der Waals surface area (Å²) in [5, 5.41) is 12.6. The Balaban J connectivity index is 1.93. The van der Waals surface area contributed by atoms with Gasteiger partial charge in [-0.3, -0.25) is 4.79 Å². The molecule has 2 N–H and O–H groups in total. The van der Waals surface area contributed by atoms with Crippen molar-refractivity contribution in [2.45, 2.75) is 25.1 Å². The number of hydrogen-bond acceptors (Lipinski definition) is 4. The molecule has 1 saturated heterocycles. The van der Waals surface area contributed by atoms with E-state index < -0.39 is 0 Å². The molecule has 5 heteroatoms. The minimum Gasteiger partial charge on any atom is -0.508 e. The third-order valence-electron chi connectivity index (χ3n) is 3.43. The molecular formula is C14H20N2O3. The van der Waals surface area contributed by atoms with Crippen LogP contribution < -0.4 is 5.32 Å². The Hall–Kier alpha value is -1.59. The van der Waals surface area contributed by atoms with Crippen molar-refractivity contribution in [2.75, 3.05) is 20.7 Å². The smallest absolute Gasteiger partial charge is 0.239 e. The number of ether oxygens (including phenoxy) is 1. The highest BCUT2D eigenvalue weighted by atomic mass is 16.5. The summed E-state index contributed by atoms with van der Waals surface area (Å²) in [6.45, 7) is 1.20. The summed E-state index contributed by atoms with van der Waals surface area (Å²) >= 11 is 0. The van der Waals surface area contributed by atoms with Crippen molar-refractivity contribution in [2.24, 2.45) is 0 Å². The second-order valence-corrected chi connectivity index (χ2v) is 4.92. The number of phenols is 1. The number of likely N-dealkylation sites (N-methyl/N-ethyl adjacent to an activating group) is 1. The molecule has 1 aromatic carbocycles. The van der Waals surface area contributed by atoms with Crippen LogP contribution in [0.5, 0.6) is 5.75 Å². The number of rotatable bonds is 4. The number of phenolic OH excluding ortho intramolecular Hbond substituents is 1. The SMILES string of the molecule is COC1CNC(C(=O)N(C)Cc2cccc(O)c2)C1. The molecule has 2 atom stereocenters. The monoisotopic (exact) mass is 264 g/mol. The highest BCUT2D eigenvalue weighted by Crippen LogP contribution is 2.15. The first-order chi connectivity index (χ1) is 9.10. The van der Waals surface area contributed by atoms with E-state index >= 15 is 0 Å². The summed E-state index contributed by atoms with van der Waals surface area (Å²) in [6.07, 6.45) is 0.822. The van der Waals surface area contributed by atoms with Crippen LogP contribution in [0.25, 0.3) is 0 Å².